The third-order valence-corrected chi connectivity index (χ3v) is 6.73. The van der Waals surface area contributed by atoms with Crippen LogP contribution in [0.5, 0.6) is 0 Å². The zero-order valence-electron chi connectivity index (χ0n) is 18.1. The summed E-state index contributed by atoms with van der Waals surface area (Å²) in [6, 6.07) is 10.9. The number of nitrogens with zero attached hydrogens (tertiary/aromatic N) is 2. The second kappa shape index (κ2) is 9.92. The van der Waals surface area contributed by atoms with Gasteiger partial charge in [0.25, 0.3) is 0 Å². The Hall–Kier alpha value is -2.25. The maximum Gasteiger partial charge on any atom is 0.170 e. The van der Waals surface area contributed by atoms with Crippen LogP contribution in [0.4, 0.5) is 15.9 Å². The van der Waals surface area contributed by atoms with E-state index in [0.29, 0.717) is 30.8 Å². The van der Waals surface area contributed by atoms with E-state index in [1.807, 2.05) is 24.4 Å². The molecule has 166 valence electrons. The van der Waals surface area contributed by atoms with Crippen molar-refractivity contribution >= 4 is 28.8 Å². The maximum atomic E-state index is 13.4. The SMILES string of the molecule is C[C@@H]1CCCN(c2ccc(NC(=S)NCC3(c4ccc(F)cc4)CCOCC3)cn2)C1. The average molecular weight is 443 g/mol. The molecule has 0 saturated carbocycles. The van der Waals surface area contributed by atoms with Gasteiger partial charge >= 0.3 is 0 Å². The number of pyridine rings is 1. The Morgan fingerprint density at radius 2 is 2.00 bits per heavy atom. The van der Waals surface area contributed by atoms with Gasteiger partial charge in [-0.3, -0.25) is 0 Å². The quantitative estimate of drug-likeness (QED) is 0.666. The average Bonchev–Trinajstić information content (AvgIpc) is 2.79. The van der Waals surface area contributed by atoms with Gasteiger partial charge in [-0.25, -0.2) is 9.37 Å². The summed E-state index contributed by atoms with van der Waals surface area (Å²) < 4.78 is 19.0. The number of ether oxygens (including phenoxy) is 1. The lowest BCUT2D eigenvalue weighted by Gasteiger charge is -2.38. The number of hydrogen-bond donors (Lipinski definition) is 2. The lowest BCUT2D eigenvalue weighted by molar-refractivity contribution is 0.0515. The summed E-state index contributed by atoms with van der Waals surface area (Å²) in [5.74, 6) is 1.52. The van der Waals surface area contributed by atoms with Gasteiger partial charge in [-0.1, -0.05) is 19.1 Å². The van der Waals surface area contributed by atoms with Gasteiger partial charge in [-0.15, -0.1) is 0 Å². The number of halogens is 1. The van der Waals surface area contributed by atoms with E-state index in [1.165, 1.54) is 25.0 Å². The Morgan fingerprint density at radius 3 is 2.68 bits per heavy atom. The van der Waals surface area contributed by atoms with Gasteiger partial charge in [0.1, 0.15) is 11.6 Å². The molecular formula is C24H31FN4OS. The van der Waals surface area contributed by atoms with Crippen molar-refractivity contribution in [3.05, 3.63) is 54.0 Å². The van der Waals surface area contributed by atoms with Crippen LogP contribution < -0.4 is 15.5 Å². The minimum atomic E-state index is -0.217. The highest BCUT2D eigenvalue weighted by Crippen LogP contribution is 2.34. The molecule has 2 aliphatic rings. The molecule has 2 saturated heterocycles. The van der Waals surface area contributed by atoms with Crippen molar-refractivity contribution in [1.29, 1.82) is 0 Å². The molecule has 0 aliphatic carbocycles. The molecule has 0 spiro atoms. The van der Waals surface area contributed by atoms with Gasteiger partial charge in [0, 0.05) is 38.3 Å². The summed E-state index contributed by atoms with van der Waals surface area (Å²) in [7, 11) is 0. The molecule has 0 bridgehead atoms. The highest BCUT2D eigenvalue weighted by molar-refractivity contribution is 7.80. The van der Waals surface area contributed by atoms with Crippen LogP contribution in [0.25, 0.3) is 0 Å². The summed E-state index contributed by atoms with van der Waals surface area (Å²) >= 11 is 5.55. The van der Waals surface area contributed by atoms with E-state index in [0.717, 1.165) is 43.0 Å². The minimum Gasteiger partial charge on any atom is -0.381 e. The summed E-state index contributed by atoms with van der Waals surface area (Å²) in [6.45, 7) is 6.49. The van der Waals surface area contributed by atoms with Crippen molar-refractivity contribution in [1.82, 2.24) is 10.3 Å². The Labute approximate surface area is 189 Å². The largest absolute Gasteiger partial charge is 0.381 e. The topological polar surface area (TPSA) is 49.4 Å². The molecular weight excluding hydrogens is 411 g/mol. The molecule has 1 aromatic heterocycles. The molecule has 0 amide bonds. The Morgan fingerprint density at radius 1 is 1.23 bits per heavy atom. The van der Waals surface area contributed by atoms with Gasteiger partial charge in [-0.05, 0) is 73.6 Å². The highest BCUT2D eigenvalue weighted by Gasteiger charge is 2.34. The van der Waals surface area contributed by atoms with E-state index in [9.17, 15) is 4.39 Å². The van der Waals surface area contributed by atoms with E-state index >= 15 is 0 Å². The molecule has 0 radical (unpaired) electrons. The number of piperidine rings is 1. The summed E-state index contributed by atoms with van der Waals surface area (Å²) in [5, 5.41) is 7.18. The van der Waals surface area contributed by atoms with E-state index in [4.69, 9.17) is 17.0 Å². The summed E-state index contributed by atoms with van der Waals surface area (Å²) in [4.78, 5) is 6.99. The molecule has 2 aliphatic heterocycles. The second-order valence-electron chi connectivity index (χ2n) is 8.81. The lowest BCUT2D eigenvalue weighted by atomic mass is 9.74. The van der Waals surface area contributed by atoms with Crippen molar-refractivity contribution in [2.45, 2.75) is 38.0 Å². The molecule has 1 atom stereocenters. The normalized spacial score (nSPS) is 20.8. The Kier molecular flexibility index (Phi) is 7.02. The van der Waals surface area contributed by atoms with Crippen LogP contribution in [0.3, 0.4) is 0 Å². The first-order valence-electron chi connectivity index (χ1n) is 11.1. The summed E-state index contributed by atoms with van der Waals surface area (Å²) in [5.41, 5.74) is 1.87. The predicted octanol–water partition coefficient (Wildman–Crippen LogP) is 4.49. The van der Waals surface area contributed by atoms with Crippen molar-refractivity contribution in [3.63, 3.8) is 0 Å². The lowest BCUT2D eigenvalue weighted by Crippen LogP contribution is -2.45. The zero-order valence-corrected chi connectivity index (χ0v) is 18.9. The Balaban J connectivity index is 1.35. The van der Waals surface area contributed by atoms with Crippen molar-refractivity contribution in [3.8, 4) is 0 Å². The van der Waals surface area contributed by atoms with Gasteiger partial charge in [-0.2, -0.15) is 0 Å². The molecule has 2 aromatic rings. The third kappa shape index (κ3) is 5.52. The monoisotopic (exact) mass is 442 g/mol. The van der Waals surface area contributed by atoms with Crippen LogP contribution in [0.1, 0.15) is 38.2 Å². The predicted molar refractivity (Wildman–Crippen MR) is 127 cm³/mol. The molecule has 4 rings (SSSR count). The molecule has 5 nitrogen and oxygen atoms in total. The number of hydrogen-bond acceptors (Lipinski definition) is 4. The van der Waals surface area contributed by atoms with Crippen LogP contribution in [0.2, 0.25) is 0 Å². The van der Waals surface area contributed by atoms with Crippen molar-refractivity contribution in [2.75, 3.05) is 43.1 Å². The minimum absolute atomic E-state index is 0.120. The molecule has 0 unspecified atom stereocenters. The fourth-order valence-electron chi connectivity index (χ4n) is 4.60. The first kappa shape index (κ1) is 22.0. The summed E-state index contributed by atoms with van der Waals surface area (Å²) in [6.07, 6.45) is 6.10. The first-order valence-corrected chi connectivity index (χ1v) is 11.5. The second-order valence-corrected chi connectivity index (χ2v) is 9.21. The van der Waals surface area contributed by atoms with E-state index < -0.39 is 0 Å². The van der Waals surface area contributed by atoms with Gasteiger partial charge < -0.3 is 20.3 Å². The molecule has 2 N–H and O–H groups in total. The van der Waals surface area contributed by atoms with Gasteiger partial charge in [0.05, 0.1) is 11.9 Å². The fourth-order valence-corrected chi connectivity index (χ4v) is 4.79. The van der Waals surface area contributed by atoms with Crippen LogP contribution in [0.15, 0.2) is 42.6 Å². The smallest absolute Gasteiger partial charge is 0.170 e. The van der Waals surface area contributed by atoms with Gasteiger partial charge in [0.2, 0.25) is 0 Å². The fraction of sp³-hybridized carbons (Fsp3) is 0.500. The molecule has 2 fully saturated rings. The molecule has 1 aromatic carbocycles. The van der Waals surface area contributed by atoms with E-state index in [-0.39, 0.29) is 11.2 Å². The molecule has 31 heavy (non-hydrogen) atoms. The number of nitrogens with one attached hydrogen (secondary N) is 2. The highest BCUT2D eigenvalue weighted by atomic mass is 32.1. The number of thiocarbonyl (C=S) groups is 1. The number of benzene rings is 1. The number of rotatable bonds is 5. The zero-order chi connectivity index (χ0) is 21.7. The Bertz CT molecular complexity index is 868. The van der Waals surface area contributed by atoms with Crippen molar-refractivity contribution < 1.29 is 9.13 Å². The van der Waals surface area contributed by atoms with Crippen LogP contribution in [-0.2, 0) is 10.2 Å². The van der Waals surface area contributed by atoms with Gasteiger partial charge in [0.15, 0.2) is 5.11 Å². The van der Waals surface area contributed by atoms with Crippen LogP contribution >= 0.6 is 12.2 Å². The van der Waals surface area contributed by atoms with Crippen molar-refractivity contribution in [2.24, 2.45) is 5.92 Å². The van der Waals surface area contributed by atoms with E-state index in [1.54, 1.807) is 0 Å². The molecule has 7 heteroatoms. The van der Waals surface area contributed by atoms with E-state index in [2.05, 4.69) is 33.5 Å². The third-order valence-electron chi connectivity index (χ3n) is 6.48. The number of aromatic nitrogens is 1. The number of anilines is 2. The standard InChI is InChI=1S/C24H31FN4OS/c1-18-3-2-12-29(16-18)22-9-8-21(15-26-22)28-23(31)27-17-24(10-13-30-14-11-24)19-4-6-20(25)7-5-19/h4-9,15,18H,2-3,10-14,16-17H2,1H3,(H2,27,28,31)/t18-/m1/s1. The van der Waals surface area contributed by atoms with Crippen LogP contribution in [-0.4, -0.2) is 42.9 Å². The first-order chi connectivity index (χ1) is 15.0. The van der Waals surface area contributed by atoms with Crippen LogP contribution in [0, 0.1) is 11.7 Å². The maximum absolute atomic E-state index is 13.4. The molecule has 3 heterocycles.